The molecule has 2 rings (SSSR count). The van der Waals surface area contributed by atoms with Crippen molar-refractivity contribution in [2.45, 2.75) is 39.3 Å². The van der Waals surface area contributed by atoms with Crippen LogP contribution in [0, 0.1) is 5.41 Å². The van der Waals surface area contributed by atoms with Crippen molar-refractivity contribution < 1.29 is 19.2 Å². The van der Waals surface area contributed by atoms with Crippen molar-refractivity contribution in [1.29, 1.82) is 0 Å². The second-order valence-electron chi connectivity index (χ2n) is 8.01. The van der Waals surface area contributed by atoms with Gasteiger partial charge in [0.15, 0.2) is 0 Å². The molecule has 2 unspecified atom stereocenters. The van der Waals surface area contributed by atoms with Gasteiger partial charge in [-0.2, -0.15) is 0 Å². The average Bonchev–Trinajstić information content (AvgIpc) is 2.78. The molecule has 0 radical (unpaired) electrons. The molecule has 0 bridgehead atoms. The van der Waals surface area contributed by atoms with Crippen molar-refractivity contribution in [1.82, 2.24) is 25.9 Å². The number of nitrogens with one attached hydrogen (secondary N) is 3. The van der Waals surface area contributed by atoms with Crippen molar-refractivity contribution in [2.24, 2.45) is 5.41 Å². The monoisotopic (exact) mass is 437 g/mol. The molecule has 0 saturated carbocycles. The van der Waals surface area contributed by atoms with E-state index >= 15 is 0 Å². The summed E-state index contributed by atoms with van der Waals surface area (Å²) in [5.41, 5.74) is 0.350. The van der Waals surface area contributed by atoms with Gasteiger partial charge in [0.1, 0.15) is 23.7 Å². The summed E-state index contributed by atoms with van der Waals surface area (Å²) in [5, 5.41) is 8.00. The highest BCUT2D eigenvalue weighted by atomic mass is 16.2. The number of hydrogen-bond acceptors (Lipinski definition) is 6. The van der Waals surface area contributed by atoms with E-state index in [4.69, 9.17) is 0 Å². The van der Waals surface area contributed by atoms with Crippen molar-refractivity contribution in [2.75, 3.05) is 6.54 Å². The first kappa shape index (κ1) is 24.4. The van der Waals surface area contributed by atoms with Crippen LogP contribution in [0.5, 0.6) is 0 Å². The topological polar surface area (TPSA) is 130 Å². The molecule has 1 aromatic heterocycles. The SMILES string of the molecule is CC(NC(=O)C(Cc1ccccc1)NC(=O)c1cnccn1)C(=O)NCC(C)(C)C=C=O. The third kappa shape index (κ3) is 7.77. The van der Waals surface area contributed by atoms with Gasteiger partial charge in [-0.05, 0) is 12.5 Å². The van der Waals surface area contributed by atoms with Crippen LogP contribution >= 0.6 is 0 Å². The zero-order valence-corrected chi connectivity index (χ0v) is 18.3. The molecule has 0 spiro atoms. The molecule has 0 fully saturated rings. The fourth-order valence-electron chi connectivity index (χ4n) is 2.77. The van der Waals surface area contributed by atoms with E-state index in [1.54, 1.807) is 26.7 Å². The number of nitrogens with zero attached hydrogens (tertiary/aromatic N) is 2. The lowest BCUT2D eigenvalue weighted by molar-refractivity contribution is -0.129. The number of carbonyl (C=O) groups excluding carboxylic acids is 4. The molecule has 0 aliphatic heterocycles. The molecule has 2 aromatic rings. The Bertz CT molecular complexity index is 972. The normalized spacial score (nSPS) is 12.6. The zero-order chi connectivity index (χ0) is 23.6. The van der Waals surface area contributed by atoms with Gasteiger partial charge in [-0.1, -0.05) is 44.2 Å². The summed E-state index contributed by atoms with van der Waals surface area (Å²) < 4.78 is 0. The fourth-order valence-corrected chi connectivity index (χ4v) is 2.77. The van der Waals surface area contributed by atoms with Gasteiger partial charge >= 0.3 is 0 Å². The number of hydrogen-bond donors (Lipinski definition) is 3. The van der Waals surface area contributed by atoms with E-state index < -0.39 is 35.2 Å². The van der Waals surface area contributed by atoms with Crippen molar-refractivity contribution in [3.05, 3.63) is 66.3 Å². The molecule has 9 nitrogen and oxygen atoms in total. The van der Waals surface area contributed by atoms with E-state index in [0.29, 0.717) is 0 Å². The Morgan fingerprint density at radius 1 is 1.09 bits per heavy atom. The Labute approximate surface area is 186 Å². The van der Waals surface area contributed by atoms with E-state index in [0.717, 1.165) is 5.56 Å². The summed E-state index contributed by atoms with van der Waals surface area (Å²) in [6, 6.07) is 7.41. The fraction of sp³-hybridized carbons (Fsp3) is 0.348. The molecular formula is C23H27N5O4. The molecule has 168 valence electrons. The van der Waals surface area contributed by atoms with Crippen LogP contribution in [-0.2, 0) is 20.8 Å². The standard InChI is InChI=1S/C23H27N5O4/c1-16(20(30)26-15-23(2,3)9-12-29)27-21(31)18(13-17-7-5-4-6-8-17)28-22(32)19-14-24-10-11-25-19/h4-11,14,16,18H,13,15H2,1-3H3,(H,26,30)(H,27,31)(H,28,32). The number of aromatic nitrogens is 2. The lowest BCUT2D eigenvalue weighted by atomic mass is 9.94. The molecule has 32 heavy (non-hydrogen) atoms. The van der Waals surface area contributed by atoms with Crippen LogP contribution in [-0.4, -0.2) is 52.3 Å². The molecule has 0 saturated heterocycles. The second-order valence-corrected chi connectivity index (χ2v) is 8.01. The number of carbonyl (C=O) groups is 3. The summed E-state index contributed by atoms with van der Waals surface area (Å²) in [6.45, 7) is 5.30. The number of benzene rings is 1. The van der Waals surface area contributed by atoms with Crippen LogP contribution in [0.15, 0.2) is 55.0 Å². The zero-order valence-electron chi connectivity index (χ0n) is 18.3. The quantitative estimate of drug-likeness (QED) is 0.473. The predicted octanol–water partition coefficient (Wildman–Crippen LogP) is 0.853. The first-order chi connectivity index (χ1) is 15.2. The first-order valence-corrected chi connectivity index (χ1v) is 10.1. The summed E-state index contributed by atoms with van der Waals surface area (Å²) in [7, 11) is 0. The predicted molar refractivity (Wildman–Crippen MR) is 118 cm³/mol. The Morgan fingerprint density at radius 3 is 2.44 bits per heavy atom. The van der Waals surface area contributed by atoms with Crippen molar-refractivity contribution in [3.63, 3.8) is 0 Å². The van der Waals surface area contributed by atoms with E-state index in [2.05, 4.69) is 25.9 Å². The Balaban J connectivity index is 2.07. The minimum Gasteiger partial charge on any atom is -0.353 e. The van der Waals surface area contributed by atoms with Gasteiger partial charge < -0.3 is 16.0 Å². The summed E-state index contributed by atoms with van der Waals surface area (Å²) in [5.74, 6) is 0.244. The van der Waals surface area contributed by atoms with E-state index in [1.807, 2.05) is 30.3 Å². The maximum Gasteiger partial charge on any atom is 0.272 e. The Hall–Kier alpha value is -3.84. The third-order valence-electron chi connectivity index (χ3n) is 4.62. The number of rotatable bonds is 10. The highest BCUT2D eigenvalue weighted by molar-refractivity contribution is 5.97. The van der Waals surface area contributed by atoms with Crippen molar-refractivity contribution in [3.8, 4) is 0 Å². The third-order valence-corrected chi connectivity index (χ3v) is 4.62. The van der Waals surface area contributed by atoms with Gasteiger partial charge in [0, 0.05) is 36.9 Å². The van der Waals surface area contributed by atoms with Gasteiger partial charge in [-0.25, -0.2) is 9.78 Å². The lowest BCUT2D eigenvalue weighted by Gasteiger charge is -2.23. The molecule has 2 atom stereocenters. The van der Waals surface area contributed by atoms with Crippen LogP contribution in [0.1, 0.15) is 36.8 Å². The maximum atomic E-state index is 12.9. The van der Waals surface area contributed by atoms with Crippen LogP contribution in [0.3, 0.4) is 0 Å². The summed E-state index contributed by atoms with van der Waals surface area (Å²) >= 11 is 0. The Kier molecular flexibility index (Phi) is 8.80. The second kappa shape index (κ2) is 11.5. The number of amides is 3. The van der Waals surface area contributed by atoms with E-state index in [9.17, 15) is 19.2 Å². The minimum absolute atomic E-state index is 0.0783. The minimum atomic E-state index is -0.934. The molecule has 0 aliphatic rings. The smallest absolute Gasteiger partial charge is 0.272 e. The van der Waals surface area contributed by atoms with E-state index in [-0.39, 0.29) is 18.7 Å². The lowest BCUT2D eigenvalue weighted by Crippen LogP contribution is -2.54. The summed E-state index contributed by atoms with van der Waals surface area (Å²) in [4.78, 5) is 56.3. The molecule has 1 aromatic carbocycles. The highest BCUT2D eigenvalue weighted by Gasteiger charge is 2.26. The highest BCUT2D eigenvalue weighted by Crippen LogP contribution is 2.13. The molecule has 3 N–H and O–H groups in total. The molecule has 3 amide bonds. The molecule has 9 heteroatoms. The van der Waals surface area contributed by atoms with Crippen molar-refractivity contribution >= 4 is 23.7 Å². The molecular weight excluding hydrogens is 410 g/mol. The molecule has 0 aliphatic carbocycles. The van der Waals surface area contributed by atoms with Gasteiger partial charge in [-0.15, -0.1) is 0 Å². The van der Waals surface area contributed by atoms with Crippen LogP contribution in [0.25, 0.3) is 0 Å². The Morgan fingerprint density at radius 2 is 1.81 bits per heavy atom. The first-order valence-electron chi connectivity index (χ1n) is 10.1. The van der Waals surface area contributed by atoms with Crippen LogP contribution < -0.4 is 16.0 Å². The van der Waals surface area contributed by atoms with Crippen LogP contribution in [0.4, 0.5) is 0 Å². The summed E-state index contributed by atoms with van der Waals surface area (Å²) in [6.07, 6.45) is 5.68. The van der Waals surface area contributed by atoms with Gasteiger partial charge in [-0.3, -0.25) is 19.4 Å². The van der Waals surface area contributed by atoms with Gasteiger partial charge in [0.05, 0.1) is 6.20 Å². The average molecular weight is 438 g/mol. The maximum absolute atomic E-state index is 12.9. The largest absolute Gasteiger partial charge is 0.353 e. The van der Waals surface area contributed by atoms with E-state index in [1.165, 1.54) is 24.7 Å². The molecule has 1 heterocycles. The van der Waals surface area contributed by atoms with Crippen LogP contribution in [0.2, 0.25) is 0 Å². The van der Waals surface area contributed by atoms with Gasteiger partial charge in [0.2, 0.25) is 11.8 Å². The van der Waals surface area contributed by atoms with Gasteiger partial charge in [0.25, 0.3) is 5.91 Å².